The summed E-state index contributed by atoms with van der Waals surface area (Å²) in [6.07, 6.45) is 0.206. The van der Waals surface area contributed by atoms with E-state index in [4.69, 9.17) is 11.6 Å². The van der Waals surface area contributed by atoms with Gasteiger partial charge in [0.15, 0.2) is 0 Å². The predicted molar refractivity (Wildman–Crippen MR) is 74.3 cm³/mol. The van der Waals surface area contributed by atoms with Crippen molar-refractivity contribution >= 4 is 17.4 Å². The number of fused-ring (bicyclic) bond motifs is 1. The van der Waals surface area contributed by atoms with E-state index in [1.54, 1.807) is 13.0 Å². The fraction of sp³-hybridized carbons (Fsp3) is 0.286. The van der Waals surface area contributed by atoms with Crippen LogP contribution in [0.3, 0.4) is 0 Å². The SMILES string of the molecule is Cc1nc(Cl)cc(N[C@@H]2c3ccccc3C[C@@H]2O)n1. The summed E-state index contributed by atoms with van der Waals surface area (Å²) in [7, 11) is 0. The van der Waals surface area contributed by atoms with Crippen molar-refractivity contribution in [3.63, 3.8) is 0 Å². The zero-order valence-corrected chi connectivity index (χ0v) is 11.2. The molecule has 19 heavy (non-hydrogen) atoms. The van der Waals surface area contributed by atoms with E-state index in [-0.39, 0.29) is 6.04 Å². The summed E-state index contributed by atoms with van der Waals surface area (Å²) < 4.78 is 0. The van der Waals surface area contributed by atoms with Crippen LogP contribution >= 0.6 is 11.6 Å². The van der Waals surface area contributed by atoms with Gasteiger partial charge in [-0.2, -0.15) is 0 Å². The minimum atomic E-state index is -0.452. The van der Waals surface area contributed by atoms with E-state index < -0.39 is 6.10 Å². The van der Waals surface area contributed by atoms with Gasteiger partial charge >= 0.3 is 0 Å². The van der Waals surface area contributed by atoms with E-state index in [1.807, 2.05) is 24.3 Å². The maximum atomic E-state index is 10.2. The molecule has 0 amide bonds. The number of aryl methyl sites for hydroxylation is 1. The first-order valence-electron chi connectivity index (χ1n) is 6.17. The lowest BCUT2D eigenvalue weighted by atomic mass is 10.1. The molecule has 1 aliphatic rings. The molecule has 1 aliphatic carbocycles. The number of aliphatic hydroxyl groups excluding tert-OH is 1. The number of hydrogen-bond donors (Lipinski definition) is 2. The summed E-state index contributed by atoms with van der Waals surface area (Å²) >= 11 is 5.92. The maximum absolute atomic E-state index is 10.2. The van der Waals surface area contributed by atoms with Crippen LogP contribution in [0.1, 0.15) is 23.0 Å². The first-order valence-corrected chi connectivity index (χ1v) is 6.55. The van der Waals surface area contributed by atoms with Gasteiger partial charge in [0.05, 0.1) is 12.1 Å². The van der Waals surface area contributed by atoms with Gasteiger partial charge in [0.2, 0.25) is 0 Å². The Morgan fingerprint density at radius 3 is 2.89 bits per heavy atom. The quantitative estimate of drug-likeness (QED) is 0.827. The van der Waals surface area contributed by atoms with Crippen LogP contribution in [0.2, 0.25) is 5.15 Å². The molecule has 4 nitrogen and oxygen atoms in total. The van der Waals surface area contributed by atoms with Crippen LogP contribution in [0.5, 0.6) is 0 Å². The number of hydrogen-bond acceptors (Lipinski definition) is 4. The van der Waals surface area contributed by atoms with E-state index in [0.29, 0.717) is 23.2 Å². The summed E-state index contributed by atoms with van der Waals surface area (Å²) in [6, 6.07) is 9.55. The van der Waals surface area contributed by atoms with Gasteiger partial charge in [-0.15, -0.1) is 0 Å². The summed E-state index contributed by atoms with van der Waals surface area (Å²) in [4.78, 5) is 8.31. The number of halogens is 1. The lowest BCUT2D eigenvalue weighted by Crippen LogP contribution is -2.21. The number of benzene rings is 1. The highest BCUT2D eigenvalue weighted by Gasteiger charge is 2.30. The van der Waals surface area contributed by atoms with Crippen molar-refractivity contribution in [3.8, 4) is 0 Å². The zero-order chi connectivity index (χ0) is 13.4. The smallest absolute Gasteiger partial charge is 0.134 e. The average Bonchev–Trinajstić information content (AvgIpc) is 2.65. The molecule has 0 spiro atoms. The van der Waals surface area contributed by atoms with E-state index in [0.717, 1.165) is 5.56 Å². The second-order valence-electron chi connectivity index (χ2n) is 4.72. The molecule has 2 N–H and O–H groups in total. The third-order valence-corrected chi connectivity index (χ3v) is 3.51. The molecule has 98 valence electrons. The molecule has 1 aromatic heterocycles. The monoisotopic (exact) mass is 275 g/mol. The van der Waals surface area contributed by atoms with Crippen molar-refractivity contribution in [2.45, 2.75) is 25.5 Å². The largest absolute Gasteiger partial charge is 0.390 e. The van der Waals surface area contributed by atoms with Crippen LogP contribution in [0.4, 0.5) is 5.82 Å². The highest BCUT2D eigenvalue weighted by molar-refractivity contribution is 6.29. The Morgan fingerprint density at radius 2 is 2.11 bits per heavy atom. The summed E-state index contributed by atoms with van der Waals surface area (Å²) in [5.41, 5.74) is 2.28. The third kappa shape index (κ3) is 2.41. The molecule has 0 unspecified atom stereocenters. The fourth-order valence-electron chi connectivity index (χ4n) is 2.51. The van der Waals surface area contributed by atoms with Gasteiger partial charge in [-0.25, -0.2) is 9.97 Å². The molecule has 2 atom stereocenters. The Kier molecular flexibility index (Phi) is 3.12. The van der Waals surface area contributed by atoms with Gasteiger partial charge in [-0.1, -0.05) is 35.9 Å². The van der Waals surface area contributed by atoms with Crippen LogP contribution in [0, 0.1) is 6.92 Å². The van der Waals surface area contributed by atoms with E-state index in [9.17, 15) is 5.11 Å². The third-order valence-electron chi connectivity index (χ3n) is 3.31. The Labute approximate surface area is 116 Å². The van der Waals surface area contributed by atoms with Crippen molar-refractivity contribution < 1.29 is 5.11 Å². The molecule has 0 saturated heterocycles. The number of rotatable bonds is 2. The lowest BCUT2D eigenvalue weighted by Gasteiger charge is -2.18. The van der Waals surface area contributed by atoms with Crippen molar-refractivity contribution in [2.24, 2.45) is 0 Å². The van der Waals surface area contributed by atoms with Gasteiger partial charge in [0.25, 0.3) is 0 Å². The normalized spacial score (nSPS) is 21.2. The Bertz CT molecular complexity index is 597. The highest BCUT2D eigenvalue weighted by Crippen LogP contribution is 2.33. The highest BCUT2D eigenvalue weighted by atomic mass is 35.5. The fourth-order valence-corrected chi connectivity index (χ4v) is 2.74. The minimum absolute atomic E-state index is 0.151. The van der Waals surface area contributed by atoms with Crippen LogP contribution in [-0.2, 0) is 6.42 Å². The molecule has 0 radical (unpaired) electrons. The standard InChI is InChI=1S/C14H14ClN3O/c1-8-16-12(15)7-13(17-8)18-14-10-5-3-2-4-9(10)6-11(14)19/h2-5,7,11,14,19H,6H2,1H3,(H,16,17,18)/t11-,14+/m0/s1. The second kappa shape index (κ2) is 4.79. The van der Waals surface area contributed by atoms with Gasteiger partial charge in [-0.3, -0.25) is 0 Å². The first kappa shape index (κ1) is 12.4. The summed E-state index contributed by atoms with van der Waals surface area (Å²) in [5.74, 6) is 1.24. The zero-order valence-electron chi connectivity index (χ0n) is 10.5. The number of aliphatic hydroxyl groups is 1. The van der Waals surface area contributed by atoms with Crippen molar-refractivity contribution in [2.75, 3.05) is 5.32 Å². The van der Waals surface area contributed by atoms with E-state index in [2.05, 4.69) is 15.3 Å². The molecule has 3 rings (SSSR count). The number of nitrogens with one attached hydrogen (secondary N) is 1. The molecular weight excluding hydrogens is 262 g/mol. The summed E-state index contributed by atoms with van der Waals surface area (Å²) in [5, 5.41) is 13.8. The average molecular weight is 276 g/mol. The van der Waals surface area contributed by atoms with E-state index in [1.165, 1.54) is 5.56 Å². The molecule has 2 aromatic rings. The molecule has 5 heteroatoms. The Hall–Kier alpha value is -1.65. The number of aromatic nitrogens is 2. The van der Waals surface area contributed by atoms with E-state index >= 15 is 0 Å². The minimum Gasteiger partial charge on any atom is -0.390 e. The molecule has 0 saturated carbocycles. The van der Waals surface area contributed by atoms with Crippen LogP contribution in [-0.4, -0.2) is 21.2 Å². The molecular formula is C14H14ClN3O. The molecule has 0 aliphatic heterocycles. The predicted octanol–water partition coefficient (Wildman–Crippen LogP) is 2.51. The molecule has 1 heterocycles. The van der Waals surface area contributed by atoms with Gasteiger partial charge in [-0.05, 0) is 18.1 Å². The van der Waals surface area contributed by atoms with Crippen molar-refractivity contribution in [1.82, 2.24) is 9.97 Å². The topological polar surface area (TPSA) is 58.0 Å². The molecule has 0 fully saturated rings. The van der Waals surface area contributed by atoms with Crippen LogP contribution in [0.25, 0.3) is 0 Å². The molecule has 0 bridgehead atoms. The van der Waals surface area contributed by atoms with Gasteiger partial charge in [0, 0.05) is 12.5 Å². The Morgan fingerprint density at radius 1 is 1.32 bits per heavy atom. The van der Waals surface area contributed by atoms with Crippen molar-refractivity contribution in [3.05, 3.63) is 52.4 Å². The summed E-state index contributed by atoms with van der Waals surface area (Å²) in [6.45, 7) is 1.79. The number of anilines is 1. The maximum Gasteiger partial charge on any atom is 0.134 e. The first-order chi connectivity index (χ1) is 9.13. The van der Waals surface area contributed by atoms with Crippen LogP contribution in [0.15, 0.2) is 30.3 Å². The Balaban J connectivity index is 1.91. The van der Waals surface area contributed by atoms with Crippen molar-refractivity contribution in [1.29, 1.82) is 0 Å². The second-order valence-corrected chi connectivity index (χ2v) is 5.10. The number of nitrogens with zero attached hydrogens (tertiary/aromatic N) is 2. The van der Waals surface area contributed by atoms with Gasteiger partial charge < -0.3 is 10.4 Å². The molecule has 1 aromatic carbocycles. The van der Waals surface area contributed by atoms with Crippen LogP contribution < -0.4 is 5.32 Å². The lowest BCUT2D eigenvalue weighted by molar-refractivity contribution is 0.165. The van der Waals surface area contributed by atoms with Gasteiger partial charge in [0.1, 0.15) is 16.8 Å².